The number of fused-ring (bicyclic) bond motifs is 2. The van der Waals surface area contributed by atoms with E-state index in [-0.39, 0.29) is 0 Å². The molecule has 2 aliphatic rings. The Hall–Kier alpha value is -0.340. The van der Waals surface area contributed by atoms with Crippen LogP contribution in [-0.2, 0) is 0 Å². The molecule has 2 N–H and O–H groups in total. The van der Waals surface area contributed by atoms with E-state index in [1.165, 1.54) is 24.8 Å². The highest BCUT2D eigenvalue weighted by Crippen LogP contribution is 2.34. The van der Waals surface area contributed by atoms with Gasteiger partial charge in [0.15, 0.2) is 0 Å². The smallest absolute Gasteiger partial charge is 0.0319 e. The molecule has 2 bridgehead atoms. The van der Waals surface area contributed by atoms with Gasteiger partial charge in [-0.1, -0.05) is 12.2 Å². The van der Waals surface area contributed by atoms with Crippen molar-refractivity contribution >= 4 is 0 Å². The quantitative estimate of drug-likeness (QED) is 0.546. The Morgan fingerprint density at radius 2 is 2.25 bits per heavy atom. The average molecular weight is 166 g/mol. The molecule has 68 valence electrons. The first-order valence-corrected chi connectivity index (χ1v) is 4.83. The Morgan fingerprint density at radius 1 is 1.50 bits per heavy atom. The van der Waals surface area contributed by atoms with E-state index in [0.717, 1.165) is 12.5 Å². The van der Waals surface area contributed by atoms with Gasteiger partial charge in [-0.25, -0.2) is 0 Å². The molecule has 2 heterocycles. The SMILES string of the molecule is C=C1CC[C@H]2C[C@@H](N)C[C@@H]1N2C. The standard InChI is InChI=1S/C10H18N2/c1-7-3-4-9-5-8(11)6-10(7)12(9)2/h8-10H,1,3-6,11H2,2H3/t8-,9+,10+/m1/s1. The summed E-state index contributed by atoms with van der Waals surface area (Å²) < 4.78 is 0. The fourth-order valence-electron chi connectivity index (χ4n) is 2.61. The average Bonchev–Trinajstić information content (AvgIpc) is 2.01. The molecule has 2 saturated heterocycles. The van der Waals surface area contributed by atoms with Crippen LogP contribution in [0.25, 0.3) is 0 Å². The largest absolute Gasteiger partial charge is 0.328 e. The van der Waals surface area contributed by atoms with Gasteiger partial charge in [-0.05, 0) is 32.7 Å². The number of piperidine rings is 2. The van der Waals surface area contributed by atoms with Gasteiger partial charge in [-0.15, -0.1) is 0 Å². The second-order valence-electron chi connectivity index (χ2n) is 4.26. The van der Waals surface area contributed by atoms with Gasteiger partial charge in [-0.2, -0.15) is 0 Å². The summed E-state index contributed by atoms with van der Waals surface area (Å²) in [4.78, 5) is 2.47. The van der Waals surface area contributed by atoms with Crippen LogP contribution in [0.2, 0.25) is 0 Å². The van der Waals surface area contributed by atoms with Crippen LogP contribution in [0.5, 0.6) is 0 Å². The van der Waals surface area contributed by atoms with E-state index in [1.807, 2.05) is 0 Å². The van der Waals surface area contributed by atoms with Crippen molar-refractivity contribution in [3.05, 3.63) is 12.2 Å². The Kier molecular flexibility index (Phi) is 1.97. The summed E-state index contributed by atoms with van der Waals surface area (Å²) in [5, 5.41) is 0. The molecule has 2 fully saturated rings. The molecule has 2 heteroatoms. The van der Waals surface area contributed by atoms with E-state index in [2.05, 4.69) is 18.5 Å². The monoisotopic (exact) mass is 166 g/mol. The fourth-order valence-corrected chi connectivity index (χ4v) is 2.61. The molecular weight excluding hydrogens is 148 g/mol. The summed E-state index contributed by atoms with van der Waals surface area (Å²) in [6, 6.07) is 1.71. The summed E-state index contributed by atoms with van der Waals surface area (Å²) >= 11 is 0. The zero-order valence-corrected chi connectivity index (χ0v) is 7.79. The predicted octanol–water partition coefficient (Wildman–Crippen LogP) is 1.13. The van der Waals surface area contributed by atoms with E-state index in [4.69, 9.17) is 5.73 Å². The highest BCUT2D eigenvalue weighted by Gasteiger charge is 2.36. The Balaban J connectivity index is 2.16. The highest BCUT2D eigenvalue weighted by atomic mass is 15.2. The third-order valence-electron chi connectivity index (χ3n) is 3.44. The minimum atomic E-state index is 0.410. The van der Waals surface area contributed by atoms with Crippen LogP contribution in [0.4, 0.5) is 0 Å². The number of rotatable bonds is 0. The zero-order chi connectivity index (χ0) is 8.72. The van der Waals surface area contributed by atoms with Gasteiger partial charge < -0.3 is 5.73 Å². The predicted molar refractivity (Wildman–Crippen MR) is 50.9 cm³/mol. The molecule has 0 amide bonds. The number of hydrogen-bond donors (Lipinski definition) is 1. The summed E-state index contributed by atoms with van der Waals surface area (Å²) in [6.07, 6.45) is 4.78. The summed E-state index contributed by atoms with van der Waals surface area (Å²) in [6.45, 7) is 4.12. The van der Waals surface area contributed by atoms with Crippen molar-refractivity contribution in [3.63, 3.8) is 0 Å². The molecule has 0 radical (unpaired) electrons. The lowest BCUT2D eigenvalue weighted by atomic mass is 9.80. The number of nitrogens with two attached hydrogens (primary N) is 1. The fraction of sp³-hybridized carbons (Fsp3) is 0.800. The zero-order valence-electron chi connectivity index (χ0n) is 7.79. The topological polar surface area (TPSA) is 29.3 Å². The minimum absolute atomic E-state index is 0.410. The molecule has 0 spiro atoms. The molecule has 2 aliphatic heterocycles. The molecule has 0 saturated carbocycles. The molecule has 0 aromatic rings. The molecule has 3 atom stereocenters. The molecule has 0 unspecified atom stereocenters. The molecule has 0 aromatic carbocycles. The third-order valence-corrected chi connectivity index (χ3v) is 3.44. The van der Waals surface area contributed by atoms with Crippen molar-refractivity contribution < 1.29 is 0 Å². The number of nitrogens with zero attached hydrogens (tertiary/aromatic N) is 1. The van der Waals surface area contributed by atoms with Gasteiger partial charge in [0, 0.05) is 18.1 Å². The molecule has 12 heavy (non-hydrogen) atoms. The summed E-state index contributed by atoms with van der Waals surface area (Å²) in [7, 11) is 2.21. The van der Waals surface area contributed by atoms with Crippen molar-refractivity contribution in [2.75, 3.05) is 7.05 Å². The minimum Gasteiger partial charge on any atom is -0.328 e. The maximum Gasteiger partial charge on any atom is 0.0319 e. The van der Waals surface area contributed by atoms with Gasteiger partial charge >= 0.3 is 0 Å². The van der Waals surface area contributed by atoms with Crippen molar-refractivity contribution in [3.8, 4) is 0 Å². The summed E-state index contributed by atoms with van der Waals surface area (Å²) in [5.74, 6) is 0. The first-order valence-electron chi connectivity index (χ1n) is 4.83. The van der Waals surface area contributed by atoms with Crippen LogP contribution in [0.15, 0.2) is 12.2 Å². The molecular formula is C10H18N2. The van der Waals surface area contributed by atoms with Crippen molar-refractivity contribution in [1.29, 1.82) is 0 Å². The van der Waals surface area contributed by atoms with E-state index in [9.17, 15) is 0 Å². The number of likely N-dealkylation sites (N-methyl/N-ethyl adjacent to an activating group) is 1. The van der Waals surface area contributed by atoms with Gasteiger partial charge in [0.25, 0.3) is 0 Å². The lowest BCUT2D eigenvalue weighted by Gasteiger charge is -2.47. The number of hydrogen-bond acceptors (Lipinski definition) is 2. The highest BCUT2D eigenvalue weighted by molar-refractivity contribution is 5.14. The van der Waals surface area contributed by atoms with E-state index < -0.39 is 0 Å². The lowest BCUT2D eigenvalue weighted by Crippen LogP contribution is -2.54. The van der Waals surface area contributed by atoms with Crippen LogP contribution in [0, 0.1) is 0 Å². The molecule has 0 aromatic heterocycles. The first-order chi connectivity index (χ1) is 5.68. The molecule has 2 rings (SSSR count). The maximum atomic E-state index is 5.98. The lowest BCUT2D eigenvalue weighted by molar-refractivity contribution is 0.0915. The first kappa shape index (κ1) is 8.27. The molecule has 0 aliphatic carbocycles. The van der Waals surface area contributed by atoms with Gasteiger partial charge in [0.2, 0.25) is 0 Å². The Morgan fingerprint density at radius 3 is 3.00 bits per heavy atom. The van der Waals surface area contributed by atoms with Crippen LogP contribution < -0.4 is 5.73 Å². The van der Waals surface area contributed by atoms with Crippen LogP contribution in [0.1, 0.15) is 25.7 Å². The third kappa shape index (κ3) is 1.19. The normalized spacial score (nSPS) is 43.2. The van der Waals surface area contributed by atoms with Crippen LogP contribution in [-0.4, -0.2) is 30.1 Å². The van der Waals surface area contributed by atoms with Crippen LogP contribution in [0.3, 0.4) is 0 Å². The van der Waals surface area contributed by atoms with E-state index >= 15 is 0 Å². The van der Waals surface area contributed by atoms with Gasteiger partial charge in [0.1, 0.15) is 0 Å². The van der Waals surface area contributed by atoms with Crippen molar-refractivity contribution in [2.45, 2.75) is 43.8 Å². The second-order valence-corrected chi connectivity index (χ2v) is 4.26. The van der Waals surface area contributed by atoms with E-state index in [0.29, 0.717) is 12.1 Å². The second kappa shape index (κ2) is 2.86. The van der Waals surface area contributed by atoms with Gasteiger partial charge in [-0.3, -0.25) is 4.90 Å². The van der Waals surface area contributed by atoms with Gasteiger partial charge in [0.05, 0.1) is 0 Å². The van der Waals surface area contributed by atoms with Crippen LogP contribution >= 0.6 is 0 Å². The maximum absolute atomic E-state index is 5.98. The summed E-state index contributed by atoms with van der Waals surface area (Å²) in [5.41, 5.74) is 7.37. The van der Waals surface area contributed by atoms with Crippen molar-refractivity contribution in [2.24, 2.45) is 5.73 Å². The van der Waals surface area contributed by atoms with Crippen molar-refractivity contribution in [1.82, 2.24) is 4.90 Å². The Bertz CT molecular complexity index is 200. The van der Waals surface area contributed by atoms with E-state index in [1.54, 1.807) is 0 Å². The Labute approximate surface area is 74.4 Å². The molecule has 2 nitrogen and oxygen atoms in total.